The van der Waals surface area contributed by atoms with Crippen molar-refractivity contribution in [3.05, 3.63) is 46.5 Å². The van der Waals surface area contributed by atoms with Gasteiger partial charge in [-0.3, -0.25) is 4.99 Å². The molecule has 3 rings (SSSR count). The van der Waals surface area contributed by atoms with Gasteiger partial charge in [-0.2, -0.15) is 0 Å². The van der Waals surface area contributed by atoms with Crippen molar-refractivity contribution in [3.8, 4) is 0 Å². The van der Waals surface area contributed by atoms with Crippen LogP contribution < -0.4 is 10.6 Å². The summed E-state index contributed by atoms with van der Waals surface area (Å²) >= 11 is 0. The van der Waals surface area contributed by atoms with Crippen molar-refractivity contribution < 1.29 is 0 Å². The fourth-order valence-corrected chi connectivity index (χ4v) is 3.46. The van der Waals surface area contributed by atoms with Crippen LogP contribution in [0.1, 0.15) is 53.4 Å². The summed E-state index contributed by atoms with van der Waals surface area (Å²) in [5, 5.41) is 7.02. The van der Waals surface area contributed by atoms with E-state index in [-0.39, 0.29) is 5.54 Å². The summed E-state index contributed by atoms with van der Waals surface area (Å²) in [4.78, 5) is 8.91. The van der Waals surface area contributed by atoms with E-state index in [2.05, 4.69) is 67.7 Å². The van der Waals surface area contributed by atoms with Gasteiger partial charge in [-0.05, 0) is 77.7 Å². The lowest BCUT2D eigenvalue weighted by Gasteiger charge is -2.21. The lowest BCUT2D eigenvalue weighted by Crippen LogP contribution is -2.28. The third-order valence-electron chi connectivity index (χ3n) is 5.51. The zero-order valence-corrected chi connectivity index (χ0v) is 16.7. The van der Waals surface area contributed by atoms with Crippen molar-refractivity contribution in [1.29, 1.82) is 0 Å². The first-order chi connectivity index (χ1) is 12.3. The molecule has 0 aromatic rings. The summed E-state index contributed by atoms with van der Waals surface area (Å²) in [6.45, 7) is 18.2. The van der Waals surface area contributed by atoms with Gasteiger partial charge in [0.1, 0.15) is 5.82 Å². The smallest absolute Gasteiger partial charge is 0.129 e. The minimum atomic E-state index is 0.169. The number of nitrogens with zero attached hydrogens (tertiary/aromatic N) is 2. The van der Waals surface area contributed by atoms with Crippen LogP contribution in [-0.4, -0.2) is 31.1 Å². The van der Waals surface area contributed by atoms with Crippen LogP contribution in [0.3, 0.4) is 0 Å². The molecule has 4 heteroatoms. The molecule has 0 unspecified atom stereocenters. The van der Waals surface area contributed by atoms with Gasteiger partial charge in [0.05, 0.1) is 18.8 Å². The molecule has 0 aromatic heterocycles. The Hall–Kier alpha value is -2.10. The Labute approximate surface area is 158 Å². The van der Waals surface area contributed by atoms with Crippen LogP contribution in [0.25, 0.3) is 0 Å². The zero-order chi connectivity index (χ0) is 18.9. The minimum absolute atomic E-state index is 0.169. The van der Waals surface area contributed by atoms with Gasteiger partial charge in [-0.1, -0.05) is 12.2 Å². The normalized spacial score (nSPS) is 21.2. The van der Waals surface area contributed by atoms with Crippen LogP contribution in [-0.2, 0) is 0 Å². The molecule has 3 aliphatic rings. The Bertz CT molecular complexity index is 736. The molecule has 140 valence electrons. The van der Waals surface area contributed by atoms with Crippen LogP contribution in [0.4, 0.5) is 0 Å². The number of aliphatic imine (C=N–C) groups is 2. The second-order valence-corrected chi connectivity index (χ2v) is 8.33. The summed E-state index contributed by atoms with van der Waals surface area (Å²) in [5.74, 6) is 1.66. The van der Waals surface area contributed by atoms with Crippen LogP contribution in [0.5, 0.6) is 0 Å². The zero-order valence-electron chi connectivity index (χ0n) is 16.7. The van der Waals surface area contributed by atoms with Crippen LogP contribution >= 0.6 is 0 Å². The molecule has 26 heavy (non-hydrogen) atoms. The highest BCUT2D eigenvalue weighted by atomic mass is 15.1. The van der Waals surface area contributed by atoms with Gasteiger partial charge in [0.25, 0.3) is 0 Å². The van der Waals surface area contributed by atoms with Gasteiger partial charge in [0, 0.05) is 22.4 Å². The number of allylic oxidation sites excluding steroid dienone is 2. The molecule has 0 radical (unpaired) electrons. The fraction of sp³-hybridized carbons (Fsp3) is 0.545. The fourth-order valence-electron chi connectivity index (χ4n) is 3.46. The molecule has 0 bridgehead atoms. The third-order valence-corrected chi connectivity index (χ3v) is 5.51. The van der Waals surface area contributed by atoms with Gasteiger partial charge < -0.3 is 10.6 Å². The topological polar surface area (TPSA) is 48.8 Å². The molecular formula is C22H32N4. The van der Waals surface area contributed by atoms with E-state index in [1.165, 1.54) is 36.8 Å². The number of hydrogen-bond donors (Lipinski definition) is 2. The first-order valence-electron chi connectivity index (χ1n) is 9.63. The molecule has 0 spiro atoms. The maximum atomic E-state index is 4.66. The summed E-state index contributed by atoms with van der Waals surface area (Å²) in [6.07, 6.45) is 7.30. The van der Waals surface area contributed by atoms with Gasteiger partial charge in [-0.25, -0.2) is 4.99 Å². The molecule has 0 amide bonds. The Morgan fingerprint density at radius 3 is 2.54 bits per heavy atom. The van der Waals surface area contributed by atoms with Gasteiger partial charge in [-0.15, -0.1) is 0 Å². The van der Waals surface area contributed by atoms with Crippen LogP contribution in [0.2, 0.25) is 0 Å². The summed E-state index contributed by atoms with van der Waals surface area (Å²) < 4.78 is 0. The average molecular weight is 353 g/mol. The number of hydrogen-bond acceptors (Lipinski definition) is 4. The Kier molecular flexibility index (Phi) is 5.22. The molecular weight excluding hydrogens is 320 g/mol. The van der Waals surface area contributed by atoms with Gasteiger partial charge in [0.15, 0.2) is 0 Å². The second kappa shape index (κ2) is 7.26. The highest BCUT2D eigenvalue weighted by Gasteiger charge is 2.38. The number of rotatable bonds is 9. The molecule has 1 heterocycles. The predicted molar refractivity (Wildman–Crippen MR) is 112 cm³/mol. The van der Waals surface area contributed by atoms with E-state index >= 15 is 0 Å². The standard InChI is InChI=1S/C22H32N4/c1-14(2)20(15(3)21(23-6)26-22(5)9-10-22)16(4)24-13-19-11-18(12-25-19)17-7-8-17/h11,17,24,26H,4,6-10,12-13H2,1-3,5H3/b21-15-. The van der Waals surface area contributed by atoms with Gasteiger partial charge >= 0.3 is 0 Å². The van der Waals surface area contributed by atoms with E-state index < -0.39 is 0 Å². The Balaban J connectivity index is 1.68. The van der Waals surface area contributed by atoms with Crippen molar-refractivity contribution in [2.45, 2.75) is 58.9 Å². The first kappa shape index (κ1) is 18.7. The molecule has 2 N–H and O–H groups in total. The molecule has 4 nitrogen and oxygen atoms in total. The largest absolute Gasteiger partial charge is 0.379 e. The quantitative estimate of drug-likeness (QED) is 0.480. The highest BCUT2D eigenvalue weighted by molar-refractivity contribution is 5.99. The highest BCUT2D eigenvalue weighted by Crippen LogP contribution is 2.38. The molecule has 0 saturated heterocycles. The summed E-state index contributed by atoms with van der Waals surface area (Å²) in [6, 6.07) is 0. The third kappa shape index (κ3) is 4.35. The van der Waals surface area contributed by atoms with E-state index in [0.717, 1.165) is 47.4 Å². The molecule has 0 atom stereocenters. The van der Waals surface area contributed by atoms with Crippen molar-refractivity contribution in [3.63, 3.8) is 0 Å². The van der Waals surface area contributed by atoms with Crippen molar-refractivity contribution in [2.75, 3.05) is 13.1 Å². The Morgan fingerprint density at radius 2 is 2.00 bits per heavy atom. The lowest BCUT2D eigenvalue weighted by molar-refractivity contribution is 0.601. The first-order valence-corrected chi connectivity index (χ1v) is 9.63. The van der Waals surface area contributed by atoms with Crippen molar-refractivity contribution in [1.82, 2.24) is 10.6 Å². The molecule has 2 saturated carbocycles. The maximum Gasteiger partial charge on any atom is 0.129 e. The van der Waals surface area contributed by atoms with E-state index in [0.29, 0.717) is 0 Å². The van der Waals surface area contributed by atoms with Crippen molar-refractivity contribution in [2.24, 2.45) is 15.9 Å². The minimum Gasteiger partial charge on any atom is -0.379 e. The monoisotopic (exact) mass is 352 g/mol. The lowest BCUT2D eigenvalue weighted by atomic mass is 9.99. The second-order valence-electron chi connectivity index (χ2n) is 8.33. The molecule has 2 fully saturated rings. The predicted octanol–water partition coefficient (Wildman–Crippen LogP) is 4.29. The average Bonchev–Trinajstić information content (AvgIpc) is 3.52. The summed E-state index contributed by atoms with van der Waals surface area (Å²) in [7, 11) is 0. The Morgan fingerprint density at radius 1 is 1.31 bits per heavy atom. The summed E-state index contributed by atoms with van der Waals surface area (Å²) in [5.41, 5.74) is 7.15. The van der Waals surface area contributed by atoms with E-state index in [1.807, 2.05) is 0 Å². The molecule has 2 aliphatic carbocycles. The van der Waals surface area contributed by atoms with E-state index in [1.54, 1.807) is 0 Å². The molecule has 1 aliphatic heterocycles. The number of nitrogens with one attached hydrogen (secondary N) is 2. The van der Waals surface area contributed by atoms with Crippen LogP contribution in [0, 0.1) is 5.92 Å². The van der Waals surface area contributed by atoms with Crippen LogP contribution in [0.15, 0.2) is 56.5 Å². The van der Waals surface area contributed by atoms with Gasteiger partial charge in [0.2, 0.25) is 0 Å². The molecule has 0 aromatic carbocycles. The van der Waals surface area contributed by atoms with E-state index in [9.17, 15) is 0 Å². The van der Waals surface area contributed by atoms with Crippen molar-refractivity contribution >= 4 is 12.4 Å². The SMILES string of the molecule is C=N/C(NC1(C)CC1)=C(\C)C(C(=C)NCC1=NCC(C2CC2)=C1)=C(C)C. The van der Waals surface area contributed by atoms with E-state index in [4.69, 9.17) is 0 Å². The maximum absolute atomic E-state index is 4.66.